The summed E-state index contributed by atoms with van der Waals surface area (Å²) in [6.07, 6.45) is 7.39. The van der Waals surface area contributed by atoms with Gasteiger partial charge in [0.1, 0.15) is 5.78 Å². The fourth-order valence-electron chi connectivity index (χ4n) is 3.94. The number of Topliss-reactive ketones (excluding diaryl/α,β-unsaturated/α-hetero) is 1. The fourth-order valence-corrected chi connectivity index (χ4v) is 6.34. The molecule has 1 fully saturated rings. The standard InChI is InChI=1S/C19H38O3Si/c1-6-9-12-15-18(22-23(4,5)13-10-7-2)14-17(21)19(15)16(20)11-8-3/h15-16,18-20H,6-14H2,1-5H3. The van der Waals surface area contributed by atoms with Gasteiger partial charge in [0.05, 0.1) is 12.2 Å². The molecule has 1 saturated carbocycles. The second-order valence-corrected chi connectivity index (χ2v) is 12.1. The van der Waals surface area contributed by atoms with Gasteiger partial charge in [-0.05, 0) is 37.9 Å². The van der Waals surface area contributed by atoms with Crippen LogP contribution in [0, 0.1) is 11.8 Å². The highest BCUT2D eigenvalue weighted by Crippen LogP contribution is 2.40. The molecule has 1 aliphatic carbocycles. The summed E-state index contributed by atoms with van der Waals surface area (Å²) in [5.74, 6) is 0.261. The Morgan fingerprint density at radius 1 is 1.17 bits per heavy atom. The fraction of sp³-hybridized carbons (Fsp3) is 0.947. The van der Waals surface area contributed by atoms with E-state index in [1.807, 2.05) is 0 Å². The molecule has 0 aliphatic heterocycles. The van der Waals surface area contributed by atoms with Gasteiger partial charge in [-0.1, -0.05) is 52.9 Å². The summed E-state index contributed by atoms with van der Waals surface area (Å²) in [6.45, 7) is 11.0. The first-order chi connectivity index (χ1) is 10.9. The van der Waals surface area contributed by atoms with Crippen molar-refractivity contribution >= 4 is 14.1 Å². The molecule has 23 heavy (non-hydrogen) atoms. The molecule has 1 N–H and O–H groups in total. The Bertz CT molecular complexity index is 357. The molecular weight excluding hydrogens is 304 g/mol. The first-order valence-corrected chi connectivity index (χ1v) is 12.9. The lowest BCUT2D eigenvalue weighted by Crippen LogP contribution is -2.39. The predicted octanol–water partition coefficient (Wildman–Crippen LogP) is 4.93. The minimum Gasteiger partial charge on any atom is -0.414 e. The predicted molar refractivity (Wildman–Crippen MR) is 99.1 cm³/mol. The van der Waals surface area contributed by atoms with E-state index in [0.29, 0.717) is 6.42 Å². The number of rotatable bonds is 11. The normalized spacial score (nSPS) is 26.7. The van der Waals surface area contributed by atoms with Crippen molar-refractivity contribution in [3.63, 3.8) is 0 Å². The molecule has 0 heterocycles. The zero-order chi connectivity index (χ0) is 17.5. The van der Waals surface area contributed by atoms with Crippen LogP contribution in [0.2, 0.25) is 19.1 Å². The first-order valence-electron chi connectivity index (χ1n) is 9.74. The summed E-state index contributed by atoms with van der Waals surface area (Å²) in [7, 11) is -1.72. The van der Waals surface area contributed by atoms with Crippen molar-refractivity contribution in [2.45, 2.75) is 103 Å². The average Bonchev–Trinajstić information content (AvgIpc) is 2.78. The number of unbranched alkanes of at least 4 members (excludes halogenated alkanes) is 2. The van der Waals surface area contributed by atoms with Crippen molar-refractivity contribution in [1.29, 1.82) is 0 Å². The molecule has 0 aromatic rings. The largest absolute Gasteiger partial charge is 0.414 e. The molecule has 0 spiro atoms. The minimum absolute atomic E-state index is 0.0454. The molecule has 0 radical (unpaired) electrons. The van der Waals surface area contributed by atoms with E-state index < -0.39 is 14.4 Å². The van der Waals surface area contributed by atoms with Gasteiger partial charge >= 0.3 is 0 Å². The maximum absolute atomic E-state index is 12.5. The summed E-state index contributed by atoms with van der Waals surface area (Å²) < 4.78 is 6.55. The van der Waals surface area contributed by atoms with Crippen LogP contribution in [0.3, 0.4) is 0 Å². The van der Waals surface area contributed by atoms with Crippen molar-refractivity contribution in [3.05, 3.63) is 0 Å². The van der Waals surface area contributed by atoms with E-state index in [4.69, 9.17) is 4.43 Å². The van der Waals surface area contributed by atoms with Crippen LogP contribution in [0.15, 0.2) is 0 Å². The third-order valence-corrected chi connectivity index (χ3v) is 7.70. The Morgan fingerprint density at radius 3 is 2.39 bits per heavy atom. The lowest BCUT2D eigenvalue weighted by atomic mass is 9.84. The highest BCUT2D eigenvalue weighted by molar-refractivity contribution is 6.71. The molecule has 0 saturated heterocycles. The maximum atomic E-state index is 12.5. The van der Waals surface area contributed by atoms with Gasteiger partial charge in [-0.3, -0.25) is 4.79 Å². The number of aliphatic hydroxyl groups is 1. The van der Waals surface area contributed by atoms with Crippen LogP contribution in [-0.2, 0) is 9.22 Å². The van der Waals surface area contributed by atoms with E-state index in [1.165, 1.54) is 12.8 Å². The van der Waals surface area contributed by atoms with Gasteiger partial charge < -0.3 is 9.53 Å². The average molecular weight is 343 g/mol. The van der Waals surface area contributed by atoms with Crippen molar-refractivity contribution in [2.24, 2.45) is 11.8 Å². The van der Waals surface area contributed by atoms with Crippen LogP contribution in [0.25, 0.3) is 0 Å². The van der Waals surface area contributed by atoms with Gasteiger partial charge in [0.15, 0.2) is 8.32 Å². The lowest BCUT2D eigenvalue weighted by molar-refractivity contribution is -0.124. The van der Waals surface area contributed by atoms with Crippen LogP contribution in [0.4, 0.5) is 0 Å². The molecule has 4 atom stereocenters. The van der Waals surface area contributed by atoms with Crippen LogP contribution in [0.1, 0.15) is 72.1 Å². The Hall–Kier alpha value is -0.193. The van der Waals surface area contributed by atoms with Crippen LogP contribution in [-0.4, -0.2) is 31.4 Å². The zero-order valence-corrected chi connectivity index (χ0v) is 16.9. The monoisotopic (exact) mass is 342 g/mol. The minimum atomic E-state index is -1.72. The van der Waals surface area contributed by atoms with Crippen molar-refractivity contribution in [1.82, 2.24) is 0 Å². The summed E-state index contributed by atoms with van der Waals surface area (Å²) in [4.78, 5) is 12.5. The number of ketones is 1. The Labute approximate surface area is 144 Å². The number of hydrogen-bond acceptors (Lipinski definition) is 3. The number of aliphatic hydroxyl groups excluding tert-OH is 1. The number of carbonyl (C=O) groups excluding carboxylic acids is 1. The molecular formula is C19H38O3Si. The smallest absolute Gasteiger partial charge is 0.187 e. The van der Waals surface area contributed by atoms with Crippen LogP contribution >= 0.6 is 0 Å². The third kappa shape index (κ3) is 6.31. The zero-order valence-electron chi connectivity index (χ0n) is 15.9. The molecule has 0 amide bonds. The third-order valence-electron chi connectivity index (χ3n) is 5.21. The molecule has 1 aliphatic rings. The van der Waals surface area contributed by atoms with E-state index in [1.54, 1.807) is 0 Å². The summed E-state index contributed by atoms with van der Waals surface area (Å²) in [5, 5.41) is 10.5. The van der Waals surface area contributed by atoms with Crippen molar-refractivity contribution in [3.8, 4) is 0 Å². The van der Waals surface area contributed by atoms with Crippen LogP contribution < -0.4 is 0 Å². The quantitative estimate of drug-likeness (QED) is 0.541. The van der Waals surface area contributed by atoms with E-state index in [0.717, 1.165) is 38.1 Å². The van der Waals surface area contributed by atoms with Gasteiger partial charge in [0.25, 0.3) is 0 Å². The van der Waals surface area contributed by atoms with E-state index in [-0.39, 0.29) is 23.7 Å². The molecule has 4 heteroatoms. The highest BCUT2D eigenvalue weighted by atomic mass is 28.4. The van der Waals surface area contributed by atoms with Gasteiger partial charge in [0.2, 0.25) is 0 Å². The topological polar surface area (TPSA) is 46.5 Å². The summed E-state index contributed by atoms with van der Waals surface area (Å²) >= 11 is 0. The maximum Gasteiger partial charge on any atom is 0.187 e. The van der Waals surface area contributed by atoms with Gasteiger partial charge in [-0.25, -0.2) is 0 Å². The Kier molecular flexibility index (Phi) is 9.02. The Balaban J connectivity index is 2.82. The molecule has 3 nitrogen and oxygen atoms in total. The summed E-state index contributed by atoms with van der Waals surface area (Å²) in [5.41, 5.74) is 0. The van der Waals surface area contributed by atoms with E-state index in [2.05, 4.69) is 33.9 Å². The molecule has 0 aromatic heterocycles. The number of hydrogen-bond donors (Lipinski definition) is 1. The first kappa shape index (κ1) is 20.9. The van der Waals surface area contributed by atoms with E-state index >= 15 is 0 Å². The molecule has 4 unspecified atom stereocenters. The second-order valence-electron chi connectivity index (χ2n) is 7.88. The van der Waals surface area contributed by atoms with Crippen molar-refractivity contribution < 1.29 is 14.3 Å². The molecule has 0 bridgehead atoms. The summed E-state index contributed by atoms with van der Waals surface area (Å²) in [6, 6.07) is 1.16. The molecule has 136 valence electrons. The van der Waals surface area contributed by atoms with E-state index in [9.17, 15) is 9.90 Å². The van der Waals surface area contributed by atoms with Crippen LogP contribution in [0.5, 0.6) is 0 Å². The SMILES string of the molecule is CCCCC1C(O[Si](C)(C)CCCC)CC(=O)C1C(O)CCC. The van der Waals surface area contributed by atoms with Gasteiger partial charge in [-0.2, -0.15) is 0 Å². The van der Waals surface area contributed by atoms with Crippen molar-refractivity contribution in [2.75, 3.05) is 0 Å². The molecule has 1 rings (SSSR count). The number of carbonyl (C=O) groups is 1. The highest BCUT2D eigenvalue weighted by Gasteiger charge is 2.47. The van der Waals surface area contributed by atoms with Gasteiger partial charge in [0, 0.05) is 12.3 Å². The lowest BCUT2D eigenvalue weighted by Gasteiger charge is -2.33. The molecule has 0 aromatic carbocycles. The Morgan fingerprint density at radius 2 is 1.83 bits per heavy atom. The van der Waals surface area contributed by atoms with Gasteiger partial charge in [-0.15, -0.1) is 0 Å². The second kappa shape index (κ2) is 9.95.